The van der Waals surface area contributed by atoms with Gasteiger partial charge in [-0.15, -0.1) is 0 Å². The van der Waals surface area contributed by atoms with Crippen LogP contribution < -0.4 is 0 Å². The number of hydrogen-bond donors (Lipinski definition) is 0. The molecule has 3 rings (SSSR count). The van der Waals surface area contributed by atoms with Crippen LogP contribution in [-0.4, -0.2) is 4.98 Å². The molecule has 1 nitrogen and oxygen atoms in total. The molecule has 0 aliphatic carbocycles. The summed E-state index contributed by atoms with van der Waals surface area (Å²) < 4.78 is 78.7. The summed E-state index contributed by atoms with van der Waals surface area (Å²) in [6.07, 6.45) is -9.78. The predicted molar refractivity (Wildman–Crippen MR) is 89.8 cm³/mol. The molecule has 0 bridgehead atoms. The van der Waals surface area contributed by atoms with Gasteiger partial charge in [0.05, 0.1) is 22.3 Å². The molecule has 3 aromatic rings. The Kier molecular flexibility index (Phi) is 4.72. The number of benzene rings is 2. The van der Waals surface area contributed by atoms with Crippen LogP contribution in [-0.2, 0) is 17.7 Å². The van der Waals surface area contributed by atoms with E-state index in [0.29, 0.717) is 21.9 Å². The largest absolute Gasteiger partial charge is 0.416 e. The maximum atomic E-state index is 13.1. The van der Waals surface area contributed by atoms with E-state index >= 15 is 0 Å². The maximum absolute atomic E-state index is 13.1. The lowest BCUT2D eigenvalue weighted by Gasteiger charge is -2.16. The molecule has 136 valence electrons. The van der Waals surface area contributed by atoms with Crippen LogP contribution in [0.4, 0.5) is 26.3 Å². The zero-order valence-corrected chi connectivity index (χ0v) is 14.5. The highest BCUT2D eigenvalue weighted by molar-refractivity contribution is 9.08. The molecule has 0 N–H and O–H groups in total. The van der Waals surface area contributed by atoms with Crippen LogP contribution in [0.1, 0.15) is 16.8 Å². The van der Waals surface area contributed by atoms with Gasteiger partial charge in [0, 0.05) is 10.7 Å². The Morgan fingerprint density at radius 2 is 1.38 bits per heavy atom. The number of aromatic nitrogens is 1. The minimum atomic E-state index is -4.89. The van der Waals surface area contributed by atoms with E-state index in [1.807, 2.05) is 0 Å². The Morgan fingerprint density at radius 1 is 0.808 bits per heavy atom. The summed E-state index contributed by atoms with van der Waals surface area (Å²) >= 11 is 3.22. The molecule has 2 aromatic carbocycles. The SMILES string of the molecule is FC(F)(F)c1cc(-c2cc(CBr)nc3ccccc23)cc(C(F)(F)F)c1. The summed E-state index contributed by atoms with van der Waals surface area (Å²) in [7, 11) is 0. The first-order valence-corrected chi connectivity index (χ1v) is 8.46. The van der Waals surface area contributed by atoms with E-state index in [0.717, 1.165) is 12.1 Å². The van der Waals surface area contributed by atoms with Crippen molar-refractivity contribution in [1.82, 2.24) is 4.98 Å². The first-order valence-electron chi connectivity index (χ1n) is 7.34. The van der Waals surface area contributed by atoms with Crippen molar-refractivity contribution < 1.29 is 26.3 Å². The number of alkyl halides is 7. The predicted octanol–water partition coefficient (Wildman–Crippen LogP) is 6.83. The first kappa shape index (κ1) is 18.7. The van der Waals surface area contributed by atoms with Crippen molar-refractivity contribution in [2.75, 3.05) is 0 Å². The highest BCUT2D eigenvalue weighted by Crippen LogP contribution is 2.40. The molecule has 0 atom stereocenters. The molecule has 0 spiro atoms. The molecule has 0 aliphatic rings. The summed E-state index contributed by atoms with van der Waals surface area (Å²) in [5.74, 6) is 0. The monoisotopic (exact) mass is 433 g/mol. The quantitative estimate of drug-likeness (QED) is 0.318. The Labute approximate surface area is 152 Å². The van der Waals surface area contributed by atoms with Crippen LogP contribution in [0, 0.1) is 0 Å². The number of para-hydroxylation sites is 1. The molecular weight excluding hydrogens is 424 g/mol. The molecule has 0 saturated heterocycles. The van der Waals surface area contributed by atoms with Crippen LogP contribution in [0.25, 0.3) is 22.0 Å². The van der Waals surface area contributed by atoms with Gasteiger partial charge in [0.15, 0.2) is 0 Å². The van der Waals surface area contributed by atoms with Gasteiger partial charge in [-0.3, -0.25) is 4.98 Å². The zero-order chi connectivity index (χ0) is 19.1. The van der Waals surface area contributed by atoms with E-state index in [1.54, 1.807) is 24.3 Å². The molecular formula is C18H10BrF6N. The fraction of sp³-hybridized carbons (Fsp3) is 0.167. The summed E-state index contributed by atoms with van der Waals surface area (Å²) in [5.41, 5.74) is -1.59. The second-order valence-corrected chi connectivity index (χ2v) is 6.17. The van der Waals surface area contributed by atoms with E-state index in [9.17, 15) is 26.3 Å². The fourth-order valence-corrected chi connectivity index (χ4v) is 2.94. The number of hydrogen-bond acceptors (Lipinski definition) is 1. The second kappa shape index (κ2) is 6.57. The third-order valence-corrected chi connectivity index (χ3v) is 4.38. The summed E-state index contributed by atoms with van der Waals surface area (Å²) in [5, 5.41) is 0.792. The van der Waals surface area contributed by atoms with Gasteiger partial charge in [0.1, 0.15) is 0 Å². The van der Waals surface area contributed by atoms with Crippen molar-refractivity contribution in [3.05, 3.63) is 65.4 Å². The number of nitrogens with zero attached hydrogens (tertiary/aromatic N) is 1. The Morgan fingerprint density at radius 3 is 1.92 bits per heavy atom. The van der Waals surface area contributed by atoms with Crippen LogP contribution in [0.15, 0.2) is 48.5 Å². The minimum Gasteiger partial charge on any atom is -0.252 e. The van der Waals surface area contributed by atoms with Gasteiger partial charge in [0.2, 0.25) is 0 Å². The van der Waals surface area contributed by atoms with Crippen LogP contribution in [0.5, 0.6) is 0 Å². The molecule has 1 aromatic heterocycles. The molecule has 0 fully saturated rings. The summed E-state index contributed by atoms with van der Waals surface area (Å²) in [4.78, 5) is 4.33. The second-order valence-electron chi connectivity index (χ2n) is 5.61. The first-order chi connectivity index (χ1) is 12.1. The average Bonchev–Trinajstić information content (AvgIpc) is 2.58. The van der Waals surface area contributed by atoms with Crippen molar-refractivity contribution in [2.45, 2.75) is 17.7 Å². The fourth-order valence-electron chi connectivity index (χ4n) is 2.65. The van der Waals surface area contributed by atoms with E-state index in [2.05, 4.69) is 20.9 Å². The van der Waals surface area contributed by atoms with Crippen LogP contribution in [0.2, 0.25) is 0 Å². The normalized spacial score (nSPS) is 12.6. The minimum absolute atomic E-state index is 0.123. The van der Waals surface area contributed by atoms with Gasteiger partial charge < -0.3 is 0 Å². The third kappa shape index (κ3) is 3.70. The molecule has 8 heteroatoms. The molecule has 0 saturated carbocycles. The van der Waals surface area contributed by atoms with E-state index < -0.39 is 23.5 Å². The number of rotatable bonds is 2. The lowest BCUT2D eigenvalue weighted by molar-refractivity contribution is -0.143. The Hall–Kier alpha value is -2.09. The van der Waals surface area contributed by atoms with E-state index in [4.69, 9.17) is 0 Å². The smallest absolute Gasteiger partial charge is 0.252 e. The van der Waals surface area contributed by atoms with Gasteiger partial charge in [-0.2, -0.15) is 26.3 Å². The van der Waals surface area contributed by atoms with Crippen molar-refractivity contribution in [1.29, 1.82) is 0 Å². The molecule has 0 aliphatic heterocycles. The van der Waals surface area contributed by atoms with E-state index in [-0.39, 0.29) is 17.2 Å². The number of pyridine rings is 1. The van der Waals surface area contributed by atoms with Gasteiger partial charge >= 0.3 is 12.4 Å². The molecule has 26 heavy (non-hydrogen) atoms. The van der Waals surface area contributed by atoms with Crippen molar-refractivity contribution in [3.8, 4) is 11.1 Å². The molecule has 1 heterocycles. The third-order valence-electron chi connectivity index (χ3n) is 3.80. The highest BCUT2D eigenvalue weighted by atomic mass is 79.9. The standard InChI is InChI=1S/C18H10BrF6N/c19-9-13-8-15(14-3-1-2-4-16(14)26-13)10-5-11(17(20,21)22)7-12(6-10)18(23,24)25/h1-8H,9H2. The maximum Gasteiger partial charge on any atom is 0.416 e. The van der Waals surface area contributed by atoms with Crippen LogP contribution >= 0.6 is 15.9 Å². The van der Waals surface area contributed by atoms with Crippen molar-refractivity contribution in [3.63, 3.8) is 0 Å². The lowest BCUT2D eigenvalue weighted by atomic mass is 9.96. The van der Waals surface area contributed by atoms with E-state index in [1.165, 1.54) is 6.07 Å². The van der Waals surface area contributed by atoms with Gasteiger partial charge in [0.25, 0.3) is 0 Å². The Bertz CT molecular complexity index is 930. The Balaban J connectivity index is 2.35. The van der Waals surface area contributed by atoms with Crippen molar-refractivity contribution in [2.24, 2.45) is 0 Å². The topological polar surface area (TPSA) is 12.9 Å². The summed E-state index contributed by atoms with van der Waals surface area (Å²) in [6.45, 7) is 0. The zero-order valence-electron chi connectivity index (χ0n) is 12.9. The average molecular weight is 434 g/mol. The van der Waals surface area contributed by atoms with Gasteiger partial charge in [-0.1, -0.05) is 34.1 Å². The van der Waals surface area contributed by atoms with Crippen LogP contribution in [0.3, 0.4) is 0 Å². The van der Waals surface area contributed by atoms with Gasteiger partial charge in [-0.25, -0.2) is 0 Å². The van der Waals surface area contributed by atoms with Gasteiger partial charge in [-0.05, 0) is 41.5 Å². The molecule has 0 unspecified atom stereocenters. The molecule has 0 amide bonds. The highest BCUT2D eigenvalue weighted by Gasteiger charge is 2.37. The number of halogens is 7. The lowest BCUT2D eigenvalue weighted by Crippen LogP contribution is -2.11. The molecule has 0 radical (unpaired) electrons. The number of fused-ring (bicyclic) bond motifs is 1. The summed E-state index contributed by atoms with van der Waals surface area (Å²) in [6, 6.07) is 9.70. The van der Waals surface area contributed by atoms with Crippen molar-refractivity contribution >= 4 is 26.8 Å².